The van der Waals surface area contributed by atoms with Crippen molar-refractivity contribution >= 4 is 34.9 Å². The van der Waals surface area contributed by atoms with Gasteiger partial charge in [0.15, 0.2) is 23.7 Å². The Morgan fingerprint density at radius 1 is 1.08 bits per heavy atom. The lowest BCUT2D eigenvalue weighted by molar-refractivity contribution is -0.386. The van der Waals surface area contributed by atoms with Gasteiger partial charge in [-0.2, -0.15) is 0 Å². The van der Waals surface area contributed by atoms with Crippen molar-refractivity contribution in [2.75, 3.05) is 32.3 Å². The molecule has 0 N–H and O–H groups in total. The number of carbonyl (C=O) groups is 4. The van der Waals surface area contributed by atoms with Crippen molar-refractivity contribution in [2.45, 2.75) is 104 Å². The van der Waals surface area contributed by atoms with E-state index in [0.29, 0.717) is 30.2 Å². The minimum Gasteiger partial charge on any atom is -0.479 e. The number of nitro groups is 1. The molecule has 2 aromatic rings. The Hall–Kier alpha value is -4.52. The quantitative estimate of drug-likeness (QED) is 0.111. The third-order valence-corrected chi connectivity index (χ3v) is 8.69. The van der Waals surface area contributed by atoms with Crippen molar-refractivity contribution in [3.05, 3.63) is 57.1 Å². The number of aryl methyl sites for hydroxylation is 1. The Labute approximate surface area is 288 Å². The average molecular weight is 684 g/mol. The third-order valence-electron chi connectivity index (χ3n) is 8.69. The molecule has 0 bridgehead atoms. The van der Waals surface area contributed by atoms with Gasteiger partial charge in [0.2, 0.25) is 0 Å². The van der Waals surface area contributed by atoms with E-state index in [-0.39, 0.29) is 41.0 Å². The van der Waals surface area contributed by atoms with E-state index in [1.54, 1.807) is 18.9 Å². The van der Waals surface area contributed by atoms with Crippen LogP contribution in [0, 0.1) is 17.0 Å². The molecule has 0 saturated heterocycles. The maximum atomic E-state index is 13.7. The summed E-state index contributed by atoms with van der Waals surface area (Å²) in [6.45, 7) is 11.8. The lowest BCUT2D eigenvalue weighted by Gasteiger charge is -2.38. The van der Waals surface area contributed by atoms with Gasteiger partial charge in [-0.15, -0.1) is 0 Å². The van der Waals surface area contributed by atoms with Crippen LogP contribution in [-0.4, -0.2) is 85.1 Å². The molecule has 0 radical (unpaired) electrons. The van der Waals surface area contributed by atoms with E-state index in [1.165, 1.54) is 52.4 Å². The minimum absolute atomic E-state index is 0.0389. The normalized spacial score (nSPS) is 16.5. The Bertz CT molecular complexity index is 1520. The number of rotatable bonds is 12. The topological polar surface area (TPSA) is 155 Å². The summed E-state index contributed by atoms with van der Waals surface area (Å²) in [7, 11) is 2.83. The highest BCUT2D eigenvalue weighted by molar-refractivity contribution is 6.03. The molecule has 2 aromatic carbocycles. The Morgan fingerprint density at radius 2 is 1.76 bits per heavy atom. The molecular weight excluding hydrogens is 634 g/mol. The van der Waals surface area contributed by atoms with Crippen molar-refractivity contribution < 1.29 is 43.0 Å². The zero-order valence-corrected chi connectivity index (χ0v) is 29.8. The van der Waals surface area contributed by atoms with Crippen molar-refractivity contribution in [2.24, 2.45) is 0 Å². The number of ketones is 1. The number of hydrogen-bond donors (Lipinski definition) is 0. The van der Waals surface area contributed by atoms with E-state index < -0.39 is 28.8 Å². The van der Waals surface area contributed by atoms with Gasteiger partial charge in [0.1, 0.15) is 5.75 Å². The molecule has 1 aliphatic heterocycles. The van der Waals surface area contributed by atoms with Gasteiger partial charge < -0.3 is 28.7 Å². The van der Waals surface area contributed by atoms with E-state index >= 15 is 0 Å². The number of Topliss-reactive ketones (excluding diaryl/α,β-unsaturated/α-hetero) is 1. The smallest absolute Gasteiger partial charge is 0.338 e. The first kappa shape index (κ1) is 38.9. The van der Waals surface area contributed by atoms with E-state index in [1.807, 2.05) is 19.1 Å². The zero-order valence-electron chi connectivity index (χ0n) is 29.8. The number of ether oxygens (including phenoxy) is 4. The summed E-state index contributed by atoms with van der Waals surface area (Å²) in [6.07, 6.45) is 5.13. The van der Waals surface area contributed by atoms with Crippen LogP contribution in [0.15, 0.2) is 30.3 Å². The lowest BCUT2D eigenvalue weighted by atomic mass is 9.92. The first-order valence-electron chi connectivity index (χ1n) is 16.7. The molecule has 2 aliphatic rings. The number of amides is 2. The molecule has 1 saturated carbocycles. The molecular formula is C36H49N3O10. The van der Waals surface area contributed by atoms with Gasteiger partial charge in [0, 0.05) is 44.0 Å². The van der Waals surface area contributed by atoms with E-state index in [4.69, 9.17) is 14.2 Å². The number of benzene rings is 2. The first-order chi connectivity index (χ1) is 23.2. The summed E-state index contributed by atoms with van der Waals surface area (Å²) in [6, 6.07) is 7.85. The van der Waals surface area contributed by atoms with Crippen LogP contribution in [0.2, 0.25) is 0 Å². The Morgan fingerprint density at radius 3 is 2.33 bits per heavy atom. The van der Waals surface area contributed by atoms with Crippen LogP contribution in [0.3, 0.4) is 0 Å². The number of nitrogens with zero attached hydrogens (tertiary/aromatic N) is 3. The fourth-order valence-electron chi connectivity index (χ4n) is 5.98. The van der Waals surface area contributed by atoms with Crippen LogP contribution >= 0.6 is 0 Å². The van der Waals surface area contributed by atoms with Gasteiger partial charge in [-0.25, -0.2) is 4.79 Å². The first-order valence-corrected chi connectivity index (χ1v) is 16.7. The Kier molecular flexibility index (Phi) is 14.1. The van der Waals surface area contributed by atoms with Crippen molar-refractivity contribution in [3.8, 4) is 11.5 Å². The third kappa shape index (κ3) is 9.78. The maximum absolute atomic E-state index is 13.7. The molecule has 2 amide bonds. The molecule has 2 atom stereocenters. The second-order valence-electron chi connectivity index (χ2n) is 12.6. The molecule has 13 heteroatoms. The van der Waals surface area contributed by atoms with Gasteiger partial charge in [0.05, 0.1) is 23.3 Å². The number of hydrogen-bond acceptors (Lipinski definition) is 10. The number of fused-ring (bicyclic) bond motifs is 1. The summed E-state index contributed by atoms with van der Waals surface area (Å²) < 4.78 is 20.7. The molecule has 268 valence electrons. The summed E-state index contributed by atoms with van der Waals surface area (Å²) in [5, 5.41) is 10.9. The molecule has 1 unspecified atom stereocenters. The van der Waals surface area contributed by atoms with Crippen LogP contribution in [0.4, 0.5) is 11.4 Å². The molecule has 4 rings (SSSR count). The molecule has 13 nitrogen and oxygen atoms in total. The Balaban J connectivity index is 0.000000295. The molecule has 1 fully saturated rings. The standard InChI is InChI=1S/C24H36N2O4.C12H13NO6/c1-16(2)26(19-10-7-6-8-11-19)24(28)20-15-21-22(14-17(20)3)30-18(4)23(27)25(21)12-9-13-29-5;1-7(14)8(2)19-11-5-4-9(12(15)18-3)6-10(11)13(16)17/h14-16,18-19H,6-13H2,1-5H3;4-6,8H,1-3H3/t18-;/m1./s1. The second-order valence-corrected chi connectivity index (χ2v) is 12.6. The summed E-state index contributed by atoms with van der Waals surface area (Å²) in [5.74, 6) is -0.364. The number of methoxy groups -OCH3 is 2. The van der Waals surface area contributed by atoms with Crippen molar-refractivity contribution in [1.29, 1.82) is 0 Å². The highest BCUT2D eigenvalue weighted by Gasteiger charge is 2.35. The van der Waals surface area contributed by atoms with Crippen LogP contribution in [0.25, 0.3) is 0 Å². The van der Waals surface area contributed by atoms with Crippen LogP contribution in [0.5, 0.6) is 11.5 Å². The lowest BCUT2D eigenvalue weighted by Crippen LogP contribution is -2.47. The highest BCUT2D eigenvalue weighted by Crippen LogP contribution is 2.38. The zero-order chi connectivity index (χ0) is 36.4. The molecule has 1 aliphatic carbocycles. The second kappa shape index (κ2) is 17.8. The van der Waals surface area contributed by atoms with Gasteiger partial charge >= 0.3 is 11.7 Å². The fraction of sp³-hybridized carbons (Fsp3) is 0.556. The van der Waals surface area contributed by atoms with E-state index in [0.717, 1.165) is 30.9 Å². The average Bonchev–Trinajstić information content (AvgIpc) is 3.06. The van der Waals surface area contributed by atoms with Crippen LogP contribution in [0.1, 0.15) is 99.4 Å². The molecule has 0 spiro atoms. The predicted molar refractivity (Wildman–Crippen MR) is 184 cm³/mol. The SMILES string of the molecule is COC(=O)c1ccc(OC(C)C(C)=O)c([N+](=O)[O-])c1.COCCCN1C(=O)[C@@H](C)Oc2cc(C)c(C(=O)N(C(C)C)C3CCCCC3)cc21. The van der Waals surface area contributed by atoms with Crippen molar-refractivity contribution in [3.63, 3.8) is 0 Å². The van der Waals surface area contributed by atoms with E-state index in [2.05, 4.69) is 23.5 Å². The van der Waals surface area contributed by atoms with Gasteiger partial charge in [0.25, 0.3) is 11.8 Å². The number of esters is 1. The summed E-state index contributed by atoms with van der Waals surface area (Å²) in [5.41, 5.74) is 1.89. The van der Waals surface area contributed by atoms with Crippen molar-refractivity contribution in [1.82, 2.24) is 4.90 Å². The van der Waals surface area contributed by atoms with Gasteiger partial charge in [-0.1, -0.05) is 19.3 Å². The monoisotopic (exact) mass is 683 g/mol. The maximum Gasteiger partial charge on any atom is 0.338 e. The van der Waals surface area contributed by atoms with Gasteiger partial charge in [-0.05, 0) is 90.6 Å². The minimum atomic E-state index is -0.803. The van der Waals surface area contributed by atoms with Crippen LogP contribution < -0.4 is 14.4 Å². The summed E-state index contributed by atoms with van der Waals surface area (Å²) >= 11 is 0. The number of anilines is 1. The predicted octanol–water partition coefficient (Wildman–Crippen LogP) is 6.07. The highest BCUT2D eigenvalue weighted by atomic mass is 16.6. The number of nitro benzene ring substituents is 1. The van der Waals surface area contributed by atoms with Gasteiger partial charge in [-0.3, -0.25) is 24.5 Å². The van der Waals surface area contributed by atoms with Crippen LogP contribution in [-0.2, 0) is 19.1 Å². The molecule has 1 heterocycles. The largest absolute Gasteiger partial charge is 0.479 e. The number of carbonyl (C=O) groups excluding carboxylic acids is 4. The molecule has 0 aromatic heterocycles. The fourth-order valence-corrected chi connectivity index (χ4v) is 5.98. The van der Waals surface area contributed by atoms with E-state index in [9.17, 15) is 29.3 Å². The summed E-state index contributed by atoms with van der Waals surface area (Å²) in [4.78, 5) is 62.9. The molecule has 49 heavy (non-hydrogen) atoms.